The van der Waals surface area contributed by atoms with Crippen LogP contribution >= 0.6 is 11.6 Å². The lowest BCUT2D eigenvalue weighted by Crippen LogP contribution is -2.28. The molecule has 0 spiro atoms. The fourth-order valence-corrected chi connectivity index (χ4v) is 3.60. The molecule has 9 heteroatoms. The number of aryl methyl sites for hydroxylation is 1. The van der Waals surface area contributed by atoms with Gasteiger partial charge in [0.1, 0.15) is 10.8 Å². The Morgan fingerprint density at radius 2 is 2.10 bits per heavy atom. The van der Waals surface area contributed by atoms with Crippen LogP contribution in [0.25, 0.3) is 0 Å². The van der Waals surface area contributed by atoms with Crippen LogP contribution in [0, 0.1) is 6.92 Å². The van der Waals surface area contributed by atoms with Gasteiger partial charge < -0.3 is 15.2 Å². The monoisotopic (exact) mass is 423 g/mol. The number of fused-ring (bicyclic) bond motifs is 1. The molecule has 30 heavy (non-hydrogen) atoms. The molecule has 1 unspecified atom stereocenters. The minimum atomic E-state index is -0.386. The summed E-state index contributed by atoms with van der Waals surface area (Å²) in [6.45, 7) is 3.96. The number of carbonyl (C=O) groups is 2. The lowest BCUT2D eigenvalue weighted by atomic mass is 10.1. The van der Waals surface area contributed by atoms with Gasteiger partial charge in [-0.3, -0.25) is 19.4 Å². The van der Waals surface area contributed by atoms with Gasteiger partial charge in [0.25, 0.3) is 17.4 Å². The normalized spacial score (nSPS) is 13.8. The van der Waals surface area contributed by atoms with E-state index < -0.39 is 0 Å². The van der Waals surface area contributed by atoms with Crippen LogP contribution in [0.4, 0.5) is 5.82 Å². The Morgan fingerprint density at radius 3 is 2.83 bits per heavy atom. The van der Waals surface area contributed by atoms with Gasteiger partial charge in [-0.15, -0.1) is 0 Å². The van der Waals surface area contributed by atoms with Gasteiger partial charge in [0.15, 0.2) is 0 Å². The molecular formula is C21H18ClN5O3. The molecule has 4 heterocycles. The molecule has 0 aromatic carbocycles. The molecule has 0 saturated carbocycles. The Bertz CT molecular complexity index is 1220. The number of anilines is 1. The third-order valence-corrected chi connectivity index (χ3v) is 5.36. The molecule has 3 aromatic rings. The minimum absolute atomic E-state index is 0.0601. The van der Waals surface area contributed by atoms with Crippen LogP contribution in [0.3, 0.4) is 0 Å². The average molecular weight is 424 g/mol. The Hall–Kier alpha value is -3.52. The van der Waals surface area contributed by atoms with Crippen molar-refractivity contribution in [1.29, 1.82) is 0 Å². The zero-order valence-corrected chi connectivity index (χ0v) is 17.0. The highest BCUT2D eigenvalue weighted by molar-refractivity contribution is 6.30. The van der Waals surface area contributed by atoms with E-state index in [1.54, 1.807) is 35.5 Å². The van der Waals surface area contributed by atoms with Gasteiger partial charge in [-0.2, -0.15) is 0 Å². The molecule has 2 N–H and O–H groups in total. The van der Waals surface area contributed by atoms with E-state index in [1.165, 1.54) is 12.4 Å². The van der Waals surface area contributed by atoms with Crippen LogP contribution in [0.1, 0.15) is 50.4 Å². The number of hydrogen-bond donors (Lipinski definition) is 2. The van der Waals surface area contributed by atoms with Crippen LogP contribution in [0.5, 0.6) is 0 Å². The summed E-state index contributed by atoms with van der Waals surface area (Å²) in [6, 6.07) is 4.57. The molecule has 1 atom stereocenters. The Balaban J connectivity index is 1.61. The maximum absolute atomic E-state index is 13.0. The zero-order chi connectivity index (χ0) is 21.4. The highest BCUT2D eigenvalue weighted by atomic mass is 35.5. The van der Waals surface area contributed by atoms with Crippen LogP contribution in [-0.4, -0.2) is 31.7 Å². The van der Waals surface area contributed by atoms with Gasteiger partial charge in [-0.25, -0.2) is 4.98 Å². The van der Waals surface area contributed by atoms with Gasteiger partial charge >= 0.3 is 0 Å². The summed E-state index contributed by atoms with van der Waals surface area (Å²) < 4.78 is 0. The number of halogens is 1. The van der Waals surface area contributed by atoms with E-state index in [0.29, 0.717) is 28.1 Å². The van der Waals surface area contributed by atoms with E-state index in [0.717, 1.165) is 5.56 Å². The van der Waals surface area contributed by atoms with Gasteiger partial charge in [-0.1, -0.05) is 11.6 Å². The summed E-state index contributed by atoms with van der Waals surface area (Å²) in [4.78, 5) is 49.6. The topological polar surface area (TPSA) is 108 Å². The standard InChI is InChI=1S/C21H18ClN5O3/c1-11-5-14(8-23-7-11)19(28)26-18-16-10-27(21(30)15(16)3-4-24-18)12(2)13-6-17(22)20(29)25-9-13/h3-9,12H,10H2,1-2H3,(H,25,29)(H,24,26,28). The summed E-state index contributed by atoms with van der Waals surface area (Å²) in [5, 5.41) is 2.84. The van der Waals surface area contributed by atoms with Gasteiger partial charge in [-0.05, 0) is 43.2 Å². The van der Waals surface area contributed by atoms with Crippen molar-refractivity contribution in [2.45, 2.75) is 26.4 Å². The van der Waals surface area contributed by atoms with Crippen molar-refractivity contribution in [3.05, 3.63) is 86.2 Å². The first-order valence-corrected chi connectivity index (χ1v) is 9.63. The van der Waals surface area contributed by atoms with E-state index in [2.05, 4.69) is 20.3 Å². The maximum Gasteiger partial charge on any atom is 0.266 e. The number of aromatic amines is 1. The summed E-state index contributed by atoms with van der Waals surface area (Å²) in [6.07, 6.45) is 6.17. The number of aromatic nitrogens is 3. The van der Waals surface area contributed by atoms with Crippen molar-refractivity contribution >= 4 is 29.2 Å². The predicted molar refractivity (Wildman–Crippen MR) is 112 cm³/mol. The van der Waals surface area contributed by atoms with Crippen LogP contribution in [-0.2, 0) is 6.54 Å². The zero-order valence-electron chi connectivity index (χ0n) is 16.3. The lowest BCUT2D eigenvalue weighted by molar-refractivity contribution is 0.0715. The number of pyridine rings is 3. The van der Waals surface area contributed by atoms with E-state index in [9.17, 15) is 14.4 Å². The van der Waals surface area contributed by atoms with Crippen molar-refractivity contribution in [1.82, 2.24) is 19.9 Å². The fourth-order valence-electron chi connectivity index (χ4n) is 3.42. The van der Waals surface area contributed by atoms with Crippen molar-refractivity contribution in [2.24, 2.45) is 0 Å². The third kappa shape index (κ3) is 3.57. The van der Waals surface area contributed by atoms with E-state index in [-0.39, 0.29) is 35.0 Å². The third-order valence-electron chi connectivity index (χ3n) is 5.07. The van der Waals surface area contributed by atoms with Gasteiger partial charge in [0.05, 0.1) is 18.2 Å². The highest BCUT2D eigenvalue weighted by Gasteiger charge is 2.34. The highest BCUT2D eigenvalue weighted by Crippen LogP contribution is 2.34. The quantitative estimate of drug-likeness (QED) is 0.670. The summed E-state index contributed by atoms with van der Waals surface area (Å²) in [5.74, 6) is -0.199. The van der Waals surface area contributed by atoms with Crippen molar-refractivity contribution in [3.8, 4) is 0 Å². The molecule has 8 nitrogen and oxygen atoms in total. The first-order chi connectivity index (χ1) is 14.3. The number of carbonyl (C=O) groups excluding carboxylic acids is 2. The largest absolute Gasteiger partial charge is 0.327 e. The van der Waals surface area contributed by atoms with E-state index in [1.807, 2.05) is 13.8 Å². The Labute approximate surface area is 176 Å². The Morgan fingerprint density at radius 1 is 1.30 bits per heavy atom. The van der Waals surface area contributed by atoms with Crippen molar-refractivity contribution in [2.75, 3.05) is 5.32 Å². The van der Waals surface area contributed by atoms with Crippen LogP contribution < -0.4 is 10.9 Å². The predicted octanol–water partition coefficient (Wildman–Crippen LogP) is 3.10. The molecule has 0 fully saturated rings. The molecule has 152 valence electrons. The maximum atomic E-state index is 13.0. The SMILES string of the molecule is Cc1cncc(C(=O)Nc2nccc3c2CN(C(C)c2c[nH]c(=O)c(Cl)c2)C3=O)c1. The van der Waals surface area contributed by atoms with Crippen molar-refractivity contribution in [3.63, 3.8) is 0 Å². The molecule has 1 aliphatic rings. The summed E-state index contributed by atoms with van der Waals surface area (Å²) in [7, 11) is 0. The van der Waals surface area contributed by atoms with Crippen molar-refractivity contribution < 1.29 is 9.59 Å². The second kappa shape index (κ2) is 7.72. The molecule has 0 aliphatic carbocycles. The molecule has 4 rings (SSSR count). The van der Waals surface area contributed by atoms with E-state index in [4.69, 9.17) is 11.6 Å². The van der Waals surface area contributed by atoms with Gasteiger partial charge in [0, 0.05) is 35.9 Å². The molecule has 0 radical (unpaired) electrons. The molecule has 0 saturated heterocycles. The second-order valence-electron chi connectivity index (χ2n) is 7.11. The number of nitrogens with one attached hydrogen (secondary N) is 2. The molecular weight excluding hydrogens is 406 g/mol. The average Bonchev–Trinajstić information content (AvgIpc) is 3.07. The number of hydrogen-bond acceptors (Lipinski definition) is 5. The molecule has 3 aromatic heterocycles. The minimum Gasteiger partial charge on any atom is -0.327 e. The Kier molecular flexibility index (Phi) is 5.09. The second-order valence-corrected chi connectivity index (χ2v) is 7.52. The smallest absolute Gasteiger partial charge is 0.266 e. The molecule has 2 amide bonds. The first kappa shape index (κ1) is 19.8. The summed E-state index contributed by atoms with van der Waals surface area (Å²) in [5.41, 5.74) is 2.70. The van der Waals surface area contributed by atoms with Crippen LogP contribution in [0.2, 0.25) is 5.02 Å². The number of amides is 2. The number of H-pyrrole nitrogens is 1. The number of nitrogens with zero attached hydrogens (tertiary/aromatic N) is 3. The van der Waals surface area contributed by atoms with Gasteiger partial charge in [0.2, 0.25) is 0 Å². The molecule has 1 aliphatic heterocycles. The van der Waals surface area contributed by atoms with E-state index >= 15 is 0 Å². The summed E-state index contributed by atoms with van der Waals surface area (Å²) >= 11 is 5.93. The molecule has 0 bridgehead atoms. The number of rotatable bonds is 4. The lowest BCUT2D eigenvalue weighted by Gasteiger charge is -2.24. The first-order valence-electron chi connectivity index (χ1n) is 9.25. The van der Waals surface area contributed by atoms with Crippen LogP contribution in [0.15, 0.2) is 47.8 Å². The fraction of sp³-hybridized carbons (Fsp3) is 0.190.